The monoisotopic (exact) mass is 501 g/mol. The summed E-state index contributed by atoms with van der Waals surface area (Å²) in [5.41, 5.74) is 0.869. The minimum Gasteiger partial charge on any atom is -0.493 e. The fraction of sp³-hybridized carbons (Fsp3) is 0.481. The van der Waals surface area contributed by atoms with Crippen LogP contribution < -0.4 is 9.47 Å². The number of hydrogen-bond acceptors (Lipinski definition) is 9. The quantitative estimate of drug-likeness (QED) is 0.209. The van der Waals surface area contributed by atoms with Gasteiger partial charge in [0, 0.05) is 32.2 Å². The molecule has 0 aliphatic heterocycles. The molecule has 3 atom stereocenters. The van der Waals surface area contributed by atoms with Gasteiger partial charge in [0.25, 0.3) is 0 Å². The maximum absolute atomic E-state index is 13.0. The minimum absolute atomic E-state index is 0.0309. The van der Waals surface area contributed by atoms with E-state index in [0.29, 0.717) is 12.5 Å². The molecular formula is C27H35NO8. The molecule has 0 N–H and O–H groups in total. The summed E-state index contributed by atoms with van der Waals surface area (Å²) in [5.74, 6) is -1.68. The molecule has 0 amide bonds. The van der Waals surface area contributed by atoms with Gasteiger partial charge in [-0.3, -0.25) is 14.4 Å². The number of rotatable bonds is 14. The molecule has 0 bridgehead atoms. The van der Waals surface area contributed by atoms with Crippen molar-refractivity contribution >= 4 is 17.7 Å². The van der Waals surface area contributed by atoms with E-state index in [1.807, 2.05) is 44.2 Å². The average Bonchev–Trinajstić information content (AvgIpc) is 2.84. The van der Waals surface area contributed by atoms with Gasteiger partial charge in [0.05, 0.1) is 13.0 Å². The van der Waals surface area contributed by atoms with E-state index < -0.39 is 42.6 Å². The molecule has 1 aromatic heterocycles. The number of methoxy groups -OCH3 is 1. The number of esters is 2. The molecular weight excluding hydrogens is 466 g/mol. The van der Waals surface area contributed by atoms with E-state index in [1.54, 1.807) is 13.8 Å². The number of carbonyl (C=O) groups is 3. The third-order valence-corrected chi connectivity index (χ3v) is 5.18. The summed E-state index contributed by atoms with van der Waals surface area (Å²) >= 11 is 0. The molecule has 0 fully saturated rings. The fourth-order valence-electron chi connectivity index (χ4n) is 3.36. The van der Waals surface area contributed by atoms with Crippen LogP contribution in [0.4, 0.5) is 0 Å². The first-order chi connectivity index (χ1) is 17.1. The highest BCUT2D eigenvalue weighted by Gasteiger charge is 2.29. The van der Waals surface area contributed by atoms with Gasteiger partial charge in [-0.1, -0.05) is 51.1 Å². The Balaban J connectivity index is 2.09. The second-order valence-electron chi connectivity index (χ2n) is 8.82. The van der Waals surface area contributed by atoms with Crippen molar-refractivity contribution < 1.29 is 38.1 Å². The van der Waals surface area contributed by atoms with Gasteiger partial charge in [-0.15, -0.1) is 0 Å². The van der Waals surface area contributed by atoms with Crippen molar-refractivity contribution in [3.63, 3.8) is 0 Å². The number of carbonyl (C=O) groups excluding carboxylic acids is 3. The van der Waals surface area contributed by atoms with Gasteiger partial charge in [0.15, 0.2) is 23.0 Å². The molecule has 9 heteroatoms. The lowest BCUT2D eigenvalue weighted by atomic mass is 10.0. The Morgan fingerprint density at radius 2 is 1.69 bits per heavy atom. The Hall–Kier alpha value is -3.46. The van der Waals surface area contributed by atoms with E-state index in [0.717, 1.165) is 5.56 Å². The van der Waals surface area contributed by atoms with E-state index in [2.05, 4.69) is 4.98 Å². The molecule has 0 aliphatic rings. The van der Waals surface area contributed by atoms with E-state index in [4.69, 9.17) is 23.7 Å². The highest BCUT2D eigenvalue weighted by atomic mass is 16.7. The summed E-state index contributed by atoms with van der Waals surface area (Å²) < 4.78 is 27.3. The molecule has 0 spiro atoms. The first-order valence-electron chi connectivity index (χ1n) is 11.8. The molecule has 0 aliphatic carbocycles. The fourth-order valence-corrected chi connectivity index (χ4v) is 3.36. The largest absolute Gasteiger partial charge is 0.493 e. The zero-order chi connectivity index (χ0) is 26.7. The lowest BCUT2D eigenvalue weighted by Gasteiger charge is -2.26. The van der Waals surface area contributed by atoms with E-state index >= 15 is 0 Å². The number of hydrogen-bond donors (Lipinski definition) is 0. The van der Waals surface area contributed by atoms with Crippen LogP contribution in [-0.2, 0) is 23.8 Å². The second kappa shape index (κ2) is 14.2. The topological polar surface area (TPSA) is 110 Å². The Bertz CT molecular complexity index is 1010. The average molecular weight is 502 g/mol. The Kier molecular flexibility index (Phi) is 11.3. The van der Waals surface area contributed by atoms with Crippen LogP contribution in [0, 0.1) is 11.8 Å². The molecule has 0 radical (unpaired) electrons. The van der Waals surface area contributed by atoms with Crippen LogP contribution in [0.5, 0.6) is 11.5 Å². The van der Waals surface area contributed by atoms with Crippen LogP contribution in [0.25, 0.3) is 0 Å². The van der Waals surface area contributed by atoms with Crippen LogP contribution in [-0.4, -0.2) is 49.3 Å². The molecule has 0 saturated carbocycles. The summed E-state index contributed by atoms with van der Waals surface area (Å²) in [6.45, 7) is 8.80. The summed E-state index contributed by atoms with van der Waals surface area (Å²) in [5, 5.41) is 0. The number of pyridine rings is 1. The molecule has 1 heterocycles. The number of ketones is 1. The zero-order valence-corrected chi connectivity index (χ0v) is 21.7. The number of benzene rings is 1. The third kappa shape index (κ3) is 8.64. The van der Waals surface area contributed by atoms with Crippen molar-refractivity contribution in [2.24, 2.45) is 11.8 Å². The lowest BCUT2D eigenvalue weighted by Crippen LogP contribution is -2.29. The normalized spacial score (nSPS) is 13.4. The molecule has 2 aromatic rings. The van der Waals surface area contributed by atoms with Gasteiger partial charge < -0.3 is 23.7 Å². The Labute approximate surface area is 212 Å². The smallest absolute Gasteiger partial charge is 0.309 e. The van der Waals surface area contributed by atoms with Crippen molar-refractivity contribution in [2.75, 3.05) is 20.5 Å². The highest BCUT2D eigenvalue weighted by Crippen LogP contribution is 2.31. The van der Waals surface area contributed by atoms with E-state index in [9.17, 15) is 14.4 Å². The van der Waals surface area contributed by atoms with Crippen LogP contribution >= 0.6 is 0 Å². The second-order valence-corrected chi connectivity index (χ2v) is 8.82. The van der Waals surface area contributed by atoms with Gasteiger partial charge in [-0.25, -0.2) is 4.98 Å². The minimum atomic E-state index is -0.754. The van der Waals surface area contributed by atoms with Crippen molar-refractivity contribution in [2.45, 2.75) is 53.2 Å². The van der Waals surface area contributed by atoms with Crippen molar-refractivity contribution in [3.8, 4) is 11.5 Å². The van der Waals surface area contributed by atoms with Gasteiger partial charge in [-0.05, 0) is 18.4 Å². The standard InChI is InChI=1S/C27H35NO8/c1-17(2)15-33-25(21-10-8-7-9-11-21)19(4)36-27(31)18(3)14-22(30)24-26(35-16-34-20(5)29)23(32-6)12-13-28-24/h7-13,17-19,25H,14-16H2,1-6H3/t18-,19+,25-/m1/s1. The zero-order valence-electron chi connectivity index (χ0n) is 21.7. The van der Waals surface area contributed by atoms with Crippen LogP contribution in [0.1, 0.15) is 63.2 Å². The van der Waals surface area contributed by atoms with Gasteiger partial charge in [-0.2, -0.15) is 0 Å². The van der Waals surface area contributed by atoms with Crippen molar-refractivity contribution in [3.05, 3.63) is 53.9 Å². The predicted molar refractivity (Wildman–Crippen MR) is 132 cm³/mol. The Morgan fingerprint density at radius 3 is 2.31 bits per heavy atom. The number of aromatic nitrogens is 1. The molecule has 0 saturated heterocycles. The maximum Gasteiger partial charge on any atom is 0.309 e. The number of Topliss-reactive ketones (excluding diaryl/α,β-unsaturated/α-hetero) is 1. The van der Waals surface area contributed by atoms with Gasteiger partial charge >= 0.3 is 11.9 Å². The van der Waals surface area contributed by atoms with E-state index in [1.165, 1.54) is 26.3 Å². The predicted octanol–water partition coefficient (Wildman–Crippen LogP) is 4.54. The Morgan fingerprint density at radius 1 is 1.00 bits per heavy atom. The number of nitrogens with zero attached hydrogens (tertiary/aromatic N) is 1. The maximum atomic E-state index is 13.0. The van der Waals surface area contributed by atoms with Crippen LogP contribution in [0.2, 0.25) is 0 Å². The summed E-state index contributed by atoms with van der Waals surface area (Å²) in [6, 6.07) is 11.1. The lowest BCUT2D eigenvalue weighted by molar-refractivity contribution is -0.161. The highest BCUT2D eigenvalue weighted by molar-refractivity contribution is 5.99. The SMILES string of the molecule is COc1ccnc(C(=O)C[C@@H](C)C(=O)O[C@@H](C)[C@@H](OCC(C)C)c2ccccc2)c1OCOC(C)=O. The summed E-state index contributed by atoms with van der Waals surface area (Å²) in [7, 11) is 1.41. The molecule has 2 rings (SSSR count). The van der Waals surface area contributed by atoms with Crippen LogP contribution in [0.3, 0.4) is 0 Å². The molecule has 36 heavy (non-hydrogen) atoms. The summed E-state index contributed by atoms with van der Waals surface area (Å²) in [4.78, 5) is 41.1. The van der Waals surface area contributed by atoms with Gasteiger partial charge in [0.1, 0.15) is 12.2 Å². The van der Waals surface area contributed by atoms with Crippen molar-refractivity contribution in [1.29, 1.82) is 0 Å². The molecule has 9 nitrogen and oxygen atoms in total. The first-order valence-corrected chi connectivity index (χ1v) is 11.8. The molecule has 0 unspecified atom stereocenters. The van der Waals surface area contributed by atoms with Crippen LogP contribution in [0.15, 0.2) is 42.6 Å². The molecule has 1 aromatic carbocycles. The third-order valence-electron chi connectivity index (χ3n) is 5.18. The van der Waals surface area contributed by atoms with Gasteiger partial charge in [0.2, 0.25) is 6.79 Å². The first kappa shape index (κ1) is 28.8. The van der Waals surface area contributed by atoms with Crippen molar-refractivity contribution in [1.82, 2.24) is 4.98 Å². The summed E-state index contributed by atoms with van der Waals surface area (Å²) in [6.07, 6.45) is 0.209. The van der Waals surface area contributed by atoms with E-state index in [-0.39, 0.29) is 23.6 Å². The number of ether oxygens (including phenoxy) is 5. The molecule has 196 valence electrons.